The third kappa shape index (κ3) is 3.44. The highest BCUT2D eigenvalue weighted by atomic mass is 32.2. The Labute approximate surface area is 145 Å². The van der Waals surface area contributed by atoms with Gasteiger partial charge in [0.05, 0.1) is 11.0 Å². The monoisotopic (exact) mass is 346 g/mol. The molecule has 3 rings (SSSR count). The van der Waals surface area contributed by atoms with Crippen molar-refractivity contribution in [3.05, 3.63) is 58.8 Å². The molecule has 1 fully saturated rings. The summed E-state index contributed by atoms with van der Waals surface area (Å²) in [6.45, 7) is 5.13. The first-order valence-corrected chi connectivity index (χ1v) is 8.79. The molecule has 1 amide bonds. The lowest BCUT2D eigenvalue weighted by Gasteiger charge is -2.13. The van der Waals surface area contributed by atoms with Crippen LogP contribution in [0.25, 0.3) is 0 Å². The Morgan fingerprint density at radius 3 is 2.71 bits per heavy atom. The van der Waals surface area contributed by atoms with Crippen LogP contribution in [0.5, 0.6) is 0 Å². The zero-order chi connectivity index (χ0) is 17.1. The lowest BCUT2D eigenvalue weighted by molar-refractivity contribution is -0.122. The maximum Gasteiger partial charge on any atom is 0.266 e. The summed E-state index contributed by atoms with van der Waals surface area (Å²) in [5.41, 5.74) is 0.891. The first-order valence-electron chi connectivity index (χ1n) is 7.97. The molecule has 4 nitrogen and oxygen atoms in total. The molecular formula is C18H19FN2O2S. The molecule has 2 aliphatic rings. The molecule has 24 heavy (non-hydrogen) atoms. The summed E-state index contributed by atoms with van der Waals surface area (Å²) in [5, 5.41) is 0.744. The maximum absolute atomic E-state index is 13.0. The van der Waals surface area contributed by atoms with Crippen LogP contribution in [0, 0.1) is 5.82 Å². The Morgan fingerprint density at radius 1 is 1.29 bits per heavy atom. The van der Waals surface area contributed by atoms with E-state index in [0.29, 0.717) is 18.0 Å². The molecule has 0 radical (unpaired) electrons. The number of carbonyl (C=O) groups is 1. The number of hydrogen-bond acceptors (Lipinski definition) is 4. The predicted molar refractivity (Wildman–Crippen MR) is 94.2 cm³/mol. The van der Waals surface area contributed by atoms with Crippen LogP contribution >= 0.6 is 11.8 Å². The summed E-state index contributed by atoms with van der Waals surface area (Å²) in [6, 6.07) is 6.25. The lowest BCUT2D eigenvalue weighted by Crippen LogP contribution is -2.29. The average Bonchev–Trinajstić information content (AvgIpc) is 3.14. The van der Waals surface area contributed by atoms with Crippen LogP contribution in [-0.2, 0) is 9.53 Å². The minimum absolute atomic E-state index is 0.0306. The van der Waals surface area contributed by atoms with E-state index in [1.165, 1.54) is 23.9 Å². The molecule has 0 aliphatic carbocycles. The molecule has 2 unspecified atom stereocenters. The number of thioether (sulfide) groups is 1. The minimum atomic E-state index is -0.272. The number of likely N-dealkylation sites (N-methyl/N-ethyl adjacent to an activating group) is 1. The fourth-order valence-electron chi connectivity index (χ4n) is 2.61. The van der Waals surface area contributed by atoms with E-state index in [0.717, 1.165) is 10.7 Å². The van der Waals surface area contributed by atoms with Gasteiger partial charge in [-0.1, -0.05) is 24.3 Å². The second-order valence-electron chi connectivity index (χ2n) is 5.40. The first-order chi connectivity index (χ1) is 11.6. The SMILES string of the molecule is CCN=C1S/C(=C\C2C=CC(c3ccc(F)cc3)O2)C(=O)N1CC. The van der Waals surface area contributed by atoms with Gasteiger partial charge < -0.3 is 4.74 Å². The highest BCUT2D eigenvalue weighted by molar-refractivity contribution is 8.18. The number of rotatable bonds is 4. The van der Waals surface area contributed by atoms with Crippen LogP contribution in [0.2, 0.25) is 0 Å². The van der Waals surface area contributed by atoms with Gasteiger partial charge in [-0.25, -0.2) is 4.39 Å². The number of benzene rings is 1. The van der Waals surface area contributed by atoms with Gasteiger partial charge in [0, 0.05) is 13.1 Å². The van der Waals surface area contributed by atoms with E-state index >= 15 is 0 Å². The number of amidine groups is 1. The maximum atomic E-state index is 13.0. The van der Waals surface area contributed by atoms with Crippen LogP contribution in [0.4, 0.5) is 4.39 Å². The molecule has 0 saturated carbocycles. The lowest BCUT2D eigenvalue weighted by atomic mass is 10.1. The Bertz CT molecular complexity index is 712. The molecule has 2 heterocycles. The zero-order valence-electron chi connectivity index (χ0n) is 13.6. The van der Waals surface area contributed by atoms with E-state index in [4.69, 9.17) is 4.74 Å². The summed E-state index contributed by atoms with van der Waals surface area (Å²) in [5.74, 6) is -0.299. The summed E-state index contributed by atoms with van der Waals surface area (Å²) >= 11 is 1.39. The number of carbonyl (C=O) groups excluding carboxylic acids is 1. The molecule has 0 spiro atoms. The van der Waals surface area contributed by atoms with Crippen molar-refractivity contribution in [3.63, 3.8) is 0 Å². The first kappa shape index (κ1) is 16.9. The van der Waals surface area contributed by atoms with Gasteiger partial charge in [-0.15, -0.1) is 0 Å². The van der Waals surface area contributed by atoms with Gasteiger partial charge in [-0.2, -0.15) is 0 Å². The van der Waals surface area contributed by atoms with E-state index in [1.54, 1.807) is 17.0 Å². The van der Waals surface area contributed by atoms with E-state index in [-0.39, 0.29) is 23.9 Å². The van der Waals surface area contributed by atoms with E-state index in [2.05, 4.69) is 4.99 Å². The third-order valence-electron chi connectivity index (χ3n) is 3.79. The van der Waals surface area contributed by atoms with Crippen molar-refractivity contribution in [3.8, 4) is 0 Å². The summed E-state index contributed by atoms with van der Waals surface area (Å²) < 4.78 is 18.9. The van der Waals surface area contributed by atoms with Crippen molar-refractivity contribution in [2.24, 2.45) is 4.99 Å². The van der Waals surface area contributed by atoms with Gasteiger partial charge in [0.25, 0.3) is 5.91 Å². The van der Waals surface area contributed by atoms with Crippen molar-refractivity contribution in [2.75, 3.05) is 13.1 Å². The van der Waals surface area contributed by atoms with Crippen molar-refractivity contribution in [1.29, 1.82) is 0 Å². The number of aliphatic imine (C=N–C) groups is 1. The van der Waals surface area contributed by atoms with Gasteiger partial charge in [-0.3, -0.25) is 14.7 Å². The van der Waals surface area contributed by atoms with E-state index in [1.807, 2.05) is 32.1 Å². The molecule has 2 aliphatic heterocycles. The highest BCUT2D eigenvalue weighted by Gasteiger charge is 2.33. The smallest absolute Gasteiger partial charge is 0.266 e. The fraction of sp³-hybridized carbons (Fsp3) is 0.333. The van der Waals surface area contributed by atoms with E-state index in [9.17, 15) is 9.18 Å². The predicted octanol–water partition coefficient (Wildman–Crippen LogP) is 3.68. The van der Waals surface area contributed by atoms with Gasteiger partial charge in [0.1, 0.15) is 11.9 Å². The number of amides is 1. The minimum Gasteiger partial charge on any atom is -0.358 e. The molecule has 126 valence electrons. The second-order valence-corrected chi connectivity index (χ2v) is 6.41. The highest BCUT2D eigenvalue weighted by Crippen LogP contribution is 2.34. The summed E-state index contributed by atoms with van der Waals surface area (Å²) in [7, 11) is 0. The van der Waals surface area contributed by atoms with Crippen molar-refractivity contribution >= 4 is 22.8 Å². The average molecular weight is 346 g/mol. The molecule has 1 saturated heterocycles. The van der Waals surface area contributed by atoms with Crippen molar-refractivity contribution < 1.29 is 13.9 Å². The molecule has 0 bridgehead atoms. The van der Waals surface area contributed by atoms with Gasteiger partial charge in [-0.05, 0) is 49.4 Å². The van der Waals surface area contributed by atoms with Gasteiger partial charge in [0.2, 0.25) is 0 Å². The Balaban J connectivity index is 1.72. The Morgan fingerprint density at radius 2 is 2.04 bits per heavy atom. The van der Waals surface area contributed by atoms with Crippen LogP contribution in [-0.4, -0.2) is 35.2 Å². The summed E-state index contributed by atoms with van der Waals surface area (Å²) in [4.78, 5) is 19.1. The van der Waals surface area contributed by atoms with E-state index < -0.39 is 0 Å². The van der Waals surface area contributed by atoms with Gasteiger partial charge in [0.15, 0.2) is 5.17 Å². The summed E-state index contributed by atoms with van der Waals surface area (Å²) in [6.07, 6.45) is 5.18. The molecule has 0 N–H and O–H groups in total. The Hall–Kier alpha value is -1.92. The number of halogens is 1. The molecule has 1 aromatic carbocycles. The topological polar surface area (TPSA) is 41.9 Å². The molecule has 1 aromatic rings. The van der Waals surface area contributed by atoms with Gasteiger partial charge >= 0.3 is 0 Å². The largest absolute Gasteiger partial charge is 0.358 e. The molecule has 2 atom stereocenters. The standard InChI is InChI=1S/C18H19FN2O2S/c1-3-20-18-21(4-2)17(22)16(24-18)11-14-9-10-15(23-14)12-5-7-13(19)8-6-12/h5-11,14-15H,3-4H2,1-2H3/b16-11-,20-18?. The fourth-order valence-corrected chi connectivity index (χ4v) is 3.72. The number of hydrogen-bond donors (Lipinski definition) is 0. The number of nitrogens with zero attached hydrogens (tertiary/aromatic N) is 2. The van der Waals surface area contributed by atoms with Crippen LogP contribution in [0.1, 0.15) is 25.5 Å². The van der Waals surface area contributed by atoms with Crippen LogP contribution < -0.4 is 0 Å². The molecule has 6 heteroatoms. The third-order valence-corrected chi connectivity index (χ3v) is 4.85. The second kappa shape index (κ2) is 7.32. The molecular weight excluding hydrogens is 327 g/mol. The number of ether oxygens (including phenoxy) is 1. The normalized spacial score (nSPS) is 27.0. The van der Waals surface area contributed by atoms with Crippen LogP contribution in [0.3, 0.4) is 0 Å². The quantitative estimate of drug-likeness (QED) is 0.617. The van der Waals surface area contributed by atoms with Crippen molar-refractivity contribution in [2.45, 2.75) is 26.1 Å². The molecule has 0 aromatic heterocycles. The zero-order valence-corrected chi connectivity index (χ0v) is 14.4. The Kier molecular flexibility index (Phi) is 5.16. The van der Waals surface area contributed by atoms with Crippen molar-refractivity contribution in [1.82, 2.24) is 4.90 Å². The van der Waals surface area contributed by atoms with Crippen LogP contribution in [0.15, 0.2) is 52.4 Å².